The highest BCUT2D eigenvalue weighted by molar-refractivity contribution is 9.09. The Kier molecular flexibility index (Phi) is 3.41. The van der Waals surface area contributed by atoms with Crippen molar-refractivity contribution in [2.24, 2.45) is 0 Å². The molecule has 1 atom stereocenters. The minimum atomic E-state index is -0.157. The van der Waals surface area contributed by atoms with Crippen LogP contribution >= 0.6 is 15.9 Å². The standard InChI is InChI=1S/C7H11BrN4O/c1-4(9-6(13)3-8)7-10-5(2)11-12-7/h4H,3H2,1-2H3,(H,9,13)(H,10,11,12). The number of carbonyl (C=O) groups is 1. The van der Waals surface area contributed by atoms with Gasteiger partial charge in [-0.3, -0.25) is 9.89 Å². The second kappa shape index (κ2) is 4.36. The molecule has 1 rings (SSSR count). The molecule has 0 aromatic carbocycles. The second-order valence-electron chi connectivity index (χ2n) is 2.70. The van der Waals surface area contributed by atoms with Crippen LogP contribution in [0.3, 0.4) is 0 Å². The maximum Gasteiger partial charge on any atom is 0.231 e. The number of nitrogens with zero attached hydrogens (tertiary/aromatic N) is 2. The average molecular weight is 247 g/mol. The SMILES string of the molecule is Cc1nc(C(C)NC(=O)CBr)n[nH]1. The van der Waals surface area contributed by atoms with E-state index in [4.69, 9.17) is 0 Å². The molecule has 1 aromatic heterocycles. The molecule has 0 saturated heterocycles. The lowest BCUT2D eigenvalue weighted by Crippen LogP contribution is -2.28. The molecule has 0 saturated carbocycles. The third-order valence-electron chi connectivity index (χ3n) is 1.50. The van der Waals surface area contributed by atoms with Crippen molar-refractivity contribution in [2.45, 2.75) is 19.9 Å². The fourth-order valence-corrected chi connectivity index (χ4v) is 1.06. The van der Waals surface area contributed by atoms with Gasteiger partial charge in [-0.1, -0.05) is 15.9 Å². The molecule has 0 aliphatic heterocycles. The van der Waals surface area contributed by atoms with Crippen molar-refractivity contribution < 1.29 is 4.79 Å². The van der Waals surface area contributed by atoms with Gasteiger partial charge in [0.15, 0.2) is 5.82 Å². The Bertz CT molecular complexity index is 298. The molecule has 1 heterocycles. The molecule has 13 heavy (non-hydrogen) atoms. The monoisotopic (exact) mass is 246 g/mol. The summed E-state index contributed by atoms with van der Waals surface area (Å²) in [6.45, 7) is 3.65. The summed E-state index contributed by atoms with van der Waals surface area (Å²) in [6, 6.07) is -0.157. The molecule has 1 unspecified atom stereocenters. The van der Waals surface area contributed by atoms with Gasteiger partial charge in [0, 0.05) is 0 Å². The maximum absolute atomic E-state index is 11.0. The van der Waals surface area contributed by atoms with Gasteiger partial charge in [-0.15, -0.1) is 0 Å². The van der Waals surface area contributed by atoms with Crippen molar-refractivity contribution >= 4 is 21.8 Å². The molecule has 2 N–H and O–H groups in total. The lowest BCUT2D eigenvalue weighted by Gasteiger charge is -2.07. The highest BCUT2D eigenvalue weighted by atomic mass is 79.9. The highest BCUT2D eigenvalue weighted by Gasteiger charge is 2.12. The van der Waals surface area contributed by atoms with E-state index in [1.807, 2.05) is 13.8 Å². The number of H-pyrrole nitrogens is 1. The summed E-state index contributed by atoms with van der Waals surface area (Å²) >= 11 is 3.06. The van der Waals surface area contributed by atoms with E-state index in [9.17, 15) is 4.79 Å². The molecule has 6 heteroatoms. The first-order valence-electron chi connectivity index (χ1n) is 3.87. The van der Waals surface area contributed by atoms with E-state index in [2.05, 4.69) is 36.4 Å². The molecule has 72 valence electrons. The zero-order chi connectivity index (χ0) is 9.84. The Morgan fingerprint density at radius 1 is 1.77 bits per heavy atom. The van der Waals surface area contributed by atoms with Gasteiger partial charge >= 0.3 is 0 Å². The van der Waals surface area contributed by atoms with E-state index in [1.54, 1.807) is 0 Å². The Labute approximate surface area is 84.5 Å². The number of aromatic amines is 1. The van der Waals surface area contributed by atoms with Gasteiger partial charge in [0.05, 0.1) is 11.4 Å². The minimum absolute atomic E-state index is 0.0741. The van der Waals surface area contributed by atoms with Crippen LogP contribution in [0.2, 0.25) is 0 Å². The molecule has 1 amide bonds. The molecular formula is C7H11BrN4O. The molecule has 0 aliphatic rings. The molecule has 5 nitrogen and oxygen atoms in total. The predicted molar refractivity (Wildman–Crippen MR) is 51.5 cm³/mol. The minimum Gasteiger partial charge on any atom is -0.346 e. The van der Waals surface area contributed by atoms with Crippen molar-refractivity contribution in [3.8, 4) is 0 Å². The van der Waals surface area contributed by atoms with Crippen LogP contribution < -0.4 is 5.32 Å². The number of nitrogens with one attached hydrogen (secondary N) is 2. The first kappa shape index (κ1) is 10.2. The van der Waals surface area contributed by atoms with Gasteiger partial charge in [0.25, 0.3) is 0 Å². The quantitative estimate of drug-likeness (QED) is 0.772. The molecule has 0 aliphatic carbocycles. The van der Waals surface area contributed by atoms with Crippen LogP contribution in [-0.4, -0.2) is 26.4 Å². The van der Waals surface area contributed by atoms with Crippen LogP contribution in [0.4, 0.5) is 0 Å². The predicted octanol–water partition coefficient (Wildman–Crippen LogP) is 0.685. The topological polar surface area (TPSA) is 70.7 Å². The van der Waals surface area contributed by atoms with Crippen molar-refractivity contribution in [1.29, 1.82) is 0 Å². The summed E-state index contributed by atoms with van der Waals surface area (Å²) < 4.78 is 0. The van der Waals surface area contributed by atoms with Crippen LogP contribution in [0, 0.1) is 6.92 Å². The molecule has 0 radical (unpaired) electrons. The molecule has 1 aromatic rings. The van der Waals surface area contributed by atoms with Crippen molar-refractivity contribution in [1.82, 2.24) is 20.5 Å². The van der Waals surface area contributed by atoms with Crippen molar-refractivity contribution in [3.63, 3.8) is 0 Å². The number of alkyl halides is 1. The van der Waals surface area contributed by atoms with Crippen LogP contribution in [0.25, 0.3) is 0 Å². The zero-order valence-corrected chi connectivity index (χ0v) is 9.05. The molecule has 0 bridgehead atoms. The summed E-state index contributed by atoms with van der Waals surface area (Å²) in [5.74, 6) is 1.27. The van der Waals surface area contributed by atoms with Gasteiger partial charge in [-0.2, -0.15) is 5.10 Å². The van der Waals surface area contributed by atoms with E-state index in [0.717, 1.165) is 5.82 Å². The summed E-state index contributed by atoms with van der Waals surface area (Å²) in [5.41, 5.74) is 0. The number of carbonyl (C=O) groups excluding carboxylic acids is 1. The van der Waals surface area contributed by atoms with Crippen molar-refractivity contribution in [3.05, 3.63) is 11.6 Å². The number of hydrogen-bond donors (Lipinski definition) is 2. The number of aromatic nitrogens is 3. The van der Waals surface area contributed by atoms with Crippen LogP contribution in [0.5, 0.6) is 0 Å². The Morgan fingerprint density at radius 3 is 2.92 bits per heavy atom. The first-order valence-corrected chi connectivity index (χ1v) is 5.00. The Balaban J connectivity index is 2.58. The normalized spacial score (nSPS) is 12.5. The van der Waals surface area contributed by atoms with Crippen LogP contribution in [0.15, 0.2) is 0 Å². The molecule has 0 spiro atoms. The third-order valence-corrected chi connectivity index (χ3v) is 2.01. The van der Waals surface area contributed by atoms with E-state index in [1.165, 1.54) is 0 Å². The van der Waals surface area contributed by atoms with Gasteiger partial charge in [0.2, 0.25) is 5.91 Å². The number of hydrogen-bond acceptors (Lipinski definition) is 3. The second-order valence-corrected chi connectivity index (χ2v) is 3.26. The van der Waals surface area contributed by atoms with Gasteiger partial charge < -0.3 is 5.32 Å². The van der Waals surface area contributed by atoms with Gasteiger partial charge in [-0.05, 0) is 13.8 Å². The average Bonchev–Trinajstić information content (AvgIpc) is 2.51. The summed E-state index contributed by atoms with van der Waals surface area (Å²) in [4.78, 5) is 15.1. The number of amides is 1. The third kappa shape index (κ3) is 2.80. The highest BCUT2D eigenvalue weighted by Crippen LogP contribution is 2.05. The number of rotatable bonds is 3. The first-order chi connectivity index (χ1) is 6.13. The van der Waals surface area contributed by atoms with E-state index < -0.39 is 0 Å². The summed E-state index contributed by atoms with van der Waals surface area (Å²) in [6.07, 6.45) is 0. The van der Waals surface area contributed by atoms with E-state index >= 15 is 0 Å². The van der Waals surface area contributed by atoms with E-state index in [0.29, 0.717) is 11.2 Å². The molecular weight excluding hydrogens is 236 g/mol. The summed E-state index contributed by atoms with van der Waals surface area (Å²) in [7, 11) is 0. The lowest BCUT2D eigenvalue weighted by molar-refractivity contribution is -0.119. The van der Waals surface area contributed by atoms with Crippen LogP contribution in [-0.2, 0) is 4.79 Å². The van der Waals surface area contributed by atoms with Gasteiger partial charge in [0.1, 0.15) is 5.82 Å². The zero-order valence-electron chi connectivity index (χ0n) is 7.47. The van der Waals surface area contributed by atoms with Crippen LogP contribution in [0.1, 0.15) is 24.6 Å². The summed E-state index contributed by atoms with van der Waals surface area (Å²) in [5, 5.41) is 9.67. The Morgan fingerprint density at radius 2 is 2.46 bits per heavy atom. The number of aryl methyl sites for hydroxylation is 1. The largest absolute Gasteiger partial charge is 0.346 e. The molecule has 0 fully saturated rings. The lowest BCUT2D eigenvalue weighted by atomic mass is 10.3. The van der Waals surface area contributed by atoms with Crippen molar-refractivity contribution in [2.75, 3.05) is 5.33 Å². The fourth-order valence-electron chi connectivity index (χ4n) is 0.898. The fraction of sp³-hybridized carbons (Fsp3) is 0.571. The smallest absolute Gasteiger partial charge is 0.231 e. The van der Waals surface area contributed by atoms with Gasteiger partial charge in [-0.25, -0.2) is 4.98 Å². The van der Waals surface area contributed by atoms with E-state index in [-0.39, 0.29) is 11.9 Å². The maximum atomic E-state index is 11.0. The number of halogens is 1. The Hall–Kier alpha value is -0.910.